The van der Waals surface area contributed by atoms with Crippen molar-refractivity contribution in [3.05, 3.63) is 52.2 Å². The molecule has 0 saturated carbocycles. The van der Waals surface area contributed by atoms with Crippen molar-refractivity contribution in [3.63, 3.8) is 0 Å². The molecule has 4 N–H and O–H groups in total. The molecule has 3 aromatic rings. The molecule has 0 saturated heterocycles. The van der Waals surface area contributed by atoms with Gasteiger partial charge in [0.2, 0.25) is 11.2 Å². The largest absolute Gasteiger partial charge is 0.504 e. The molecule has 0 spiro atoms. The first-order valence-electron chi connectivity index (χ1n) is 8.53. The number of phenols is 2. The molecule has 2 aromatic carbocycles. The van der Waals surface area contributed by atoms with E-state index in [0.717, 1.165) is 31.5 Å². The highest BCUT2D eigenvalue weighted by Crippen LogP contribution is 2.35. The maximum atomic E-state index is 12.5. The molecule has 0 unspecified atom stereocenters. The van der Waals surface area contributed by atoms with Crippen LogP contribution in [0, 0.1) is 0 Å². The minimum atomic E-state index is -0.534. The van der Waals surface area contributed by atoms with Crippen LogP contribution in [0.15, 0.2) is 45.6 Å². The Morgan fingerprint density at radius 1 is 1.04 bits per heavy atom. The summed E-state index contributed by atoms with van der Waals surface area (Å²) in [7, 11) is 0. The quantitative estimate of drug-likeness (QED) is 0.400. The second kappa shape index (κ2) is 7.49. The lowest BCUT2D eigenvalue weighted by Crippen LogP contribution is -2.14. The highest BCUT2D eigenvalue weighted by atomic mass is 16.4. The minimum Gasteiger partial charge on any atom is -0.504 e. The van der Waals surface area contributed by atoms with E-state index < -0.39 is 11.2 Å². The van der Waals surface area contributed by atoms with Gasteiger partial charge in [-0.05, 0) is 61.8 Å². The van der Waals surface area contributed by atoms with Gasteiger partial charge in [0.15, 0.2) is 17.3 Å². The maximum absolute atomic E-state index is 12.5. The van der Waals surface area contributed by atoms with Crippen LogP contribution in [0.2, 0.25) is 0 Å². The van der Waals surface area contributed by atoms with Gasteiger partial charge in [-0.15, -0.1) is 0 Å². The second-order valence-corrected chi connectivity index (χ2v) is 6.10. The number of aryl methyl sites for hydroxylation is 1. The first-order chi connectivity index (χ1) is 12.5. The summed E-state index contributed by atoms with van der Waals surface area (Å²) in [5, 5.41) is 32.9. The molecule has 1 heterocycles. The first kappa shape index (κ1) is 17.8. The monoisotopic (exact) mass is 355 g/mol. The lowest BCUT2D eigenvalue weighted by atomic mass is 10.1. The van der Waals surface area contributed by atoms with Gasteiger partial charge in [0.1, 0.15) is 5.58 Å². The topological polar surface area (TPSA) is 103 Å². The Bertz CT molecular complexity index is 993. The van der Waals surface area contributed by atoms with Gasteiger partial charge in [0.25, 0.3) is 0 Å². The molecule has 0 bridgehead atoms. The average molecular weight is 355 g/mol. The Balaban J connectivity index is 2.02. The van der Waals surface area contributed by atoms with Crippen LogP contribution in [-0.2, 0) is 6.42 Å². The van der Waals surface area contributed by atoms with Gasteiger partial charge in [-0.1, -0.05) is 13.0 Å². The average Bonchev–Trinajstić information content (AvgIpc) is 2.64. The number of benzene rings is 2. The van der Waals surface area contributed by atoms with Crippen molar-refractivity contribution in [2.45, 2.75) is 19.8 Å². The number of rotatable bonds is 6. The number of nitrogens with one attached hydrogen (secondary N) is 1. The van der Waals surface area contributed by atoms with Crippen molar-refractivity contribution >= 4 is 11.0 Å². The van der Waals surface area contributed by atoms with E-state index in [-0.39, 0.29) is 17.3 Å². The molecule has 0 atom stereocenters. The third-order valence-corrected chi connectivity index (χ3v) is 4.24. The SMILES string of the molecule is CCNCCCc1ccc2c(=O)c(O)c(-c3ccc(O)c(O)c3)oc2c1. The summed E-state index contributed by atoms with van der Waals surface area (Å²) in [6, 6.07) is 9.27. The molecule has 3 rings (SSSR count). The fraction of sp³-hybridized carbons (Fsp3) is 0.250. The standard InChI is InChI=1S/C20H21NO5/c1-2-21-9-3-4-12-5-7-14-17(10-12)26-20(19(25)18(14)24)13-6-8-15(22)16(23)11-13/h5-8,10-11,21-23,25H,2-4,9H2,1H3. The van der Waals surface area contributed by atoms with E-state index in [1.165, 1.54) is 18.2 Å². The van der Waals surface area contributed by atoms with Gasteiger partial charge < -0.3 is 25.1 Å². The van der Waals surface area contributed by atoms with Crippen LogP contribution in [0.3, 0.4) is 0 Å². The van der Waals surface area contributed by atoms with Crippen molar-refractivity contribution in [1.82, 2.24) is 5.32 Å². The highest BCUT2D eigenvalue weighted by Gasteiger charge is 2.16. The van der Waals surface area contributed by atoms with Gasteiger partial charge in [0.05, 0.1) is 5.39 Å². The van der Waals surface area contributed by atoms with E-state index in [0.29, 0.717) is 16.5 Å². The predicted molar refractivity (Wildman–Crippen MR) is 99.8 cm³/mol. The van der Waals surface area contributed by atoms with E-state index in [1.54, 1.807) is 12.1 Å². The number of hydrogen-bond acceptors (Lipinski definition) is 6. The smallest absolute Gasteiger partial charge is 0.235 e. The number of hydrogen-bond donors (Lipinski definition) is 4. The molecule has 26 heavy (non-hydrogen) atoms. The van der Waals surface area contributed by atoms with Crippen molar-refractivity contribution in [3.8, 4) is 28.6 Å². The Morgan fingerprint density at radius 2 is 1.85 bits per heavy atom. The molecular formula is C20H21NO5. The minimum absolute atomic E-state index is 0.0393. The van der Waals surface area contributed by atoms with E-state index in [2.05, 4.69) is 12.2 Å². The normalized spacial score (nSPS) is 11.1. The van der Waals surface area contributed by atoms with E-state index in [9.17, 15) is 20.1 Å². The zero-order chi connectivity index (χ0) is 18.7. The van der Waals surface area contributed by atoms with Crippen molar-refractivity contribution < 1.29 is 19.7 Å². The molecule has 0 aliphatic heterocycles. The summed E-state index contributed by atoms with van der Waals surface area (Å²) < 4.78 is 5.76. The maximum Gasteiger partial charge on any atom is 0.235 e. The van der Waals surface area contributed by atoms with Crippen molar-refractivity contribution in [2.24, 2.45) is 0 Å². The van der Waals surface area contributed by atoms with E-state index in [1.807, 2.05) is 6.07 Å². The van der Waals surface area contributed by atoms with Crippen LogP contribution in [0.4, 0.5) is 0 Å². The van der Waals surface area contributed by atoms with Gasteiger partial charge in [-0.2, -0.15) is 0 Å². The number of fused-ring (bicyclic) bond motifs is 1. The van der Waals surface area contributed by atoms with Crippen LogP contribution >= 0.6 is 0 Å². The number of aromatic hydroxyl groups is 3. The predicted octanol–water partition coefficient (Wildman–Crippen LogP) is 3.12. The van der Waals surface area contributed by atoms with Crippen molar-refractivity contribution in [2.75, 3.05) is 13.1 Å². The van der Waals surface area contributed by atoms with E-state index >= 15 is 0 Å². The molecule has 6 nitrogen and oxygen atoms in total. The molecular weight excluding hydrogens is 334 g/mol. The summed E-state index contributed by atoms with van der Waals surface area (Å²) in [5.41, 5.74) is 1.17. The Morgan fingerprint density at radius 3 is 2.58 bits per heavy atom. The summed E-state index contributed by atoms with van der Waals surface area (Å²) >= 11 is 0. The second-order valence-electron chi connectivity index (χ2n) is 6.10. The molecule has 0 aliphatic rings. The Labute approximate surface area is 150 Å². The molecule has 0 radical (unpaired) electrons. The molecule has 0 amide bonds. The molecule has 0 fully saturated rings. The summed E-state index contributed by atoms with van der Waals surface area (Å²) in [4.78, 5) is 12.5. The lowest BCUT2D eigenvalue weighted by molar-refractivity contribution is 0.403. The zero-order valence-electron chi connectivity index (χ0n) is 14.5. The molecule has 6 heteroatoms. The third-order valence-electron chi connectivity index (χ3n) is 4.24. The lowest BCUT2D eigenvalue weighted by Gasteiger charge is -2.08. The van der Waals surface area contributed by atoms with E-state index in [4.69, 9.17) is 4.42 Å². The van der Waals surface area contributed by atoms with Crippen molar-refractivity contribution in [1.29, 1.82) is 0 Å². The van der Waals surface area contributed by atoms with Gasteiger partial charge >= 0.3 is 0 Å². The van der Waals surface area contributed by atoms with Crippen LogP contribution in [0.25, 0.3) is 22.3 Å². The summed E-state index contributed by atoms with van der Waals surface area (Å²) in [5.74, 6) is -1.22. The third kappa shape index (κ3) is 3.50. The van der Waals surface area contributed by atoms with Crippen LogP contribution in [0.1, 0.15) is 18.9 Å². The zero-order valence-corrected chi connectivity index (χ0v) is 14.5. The molecule has 1 aromatic heterocycles. The van der Waals surface area contributed by atoms with Gasteiger partial charge in [-0.25, -0.2) is 0 Å². The fourth-order valence-corrected chi connectivity index (χ4v) is 2.84. The highest BCUT2D eigenvalue weighted by molar-refractivity contribution is 5.82. The van der Waals surface area contributed by atoms with Crippen LogP contribution in [0.5, 0.6) is 17.2 Å². The molecule has 136 valence electrons. The summed E-state index contributed by atoms with van der Waals surface area (Å²) in [6.07, 6.45) is 1.79. The fourth-order valence-electron chi connectivity index (χ4n) is 2.84. The summed E-state index contributed by atoms with van der Waals surface area (Å²) in [6.45, 7) is 3.89. The van der Waals surface area contributed by atoms with Gasteiger partial charge in [-0.3, -0.25) is 4.79 Å². The first-order valence-corrected chi connectivity index (χ1v) is 8.53. The Kier molecular flexibility index (Phi) is 5.14. The van der Waals surface area contributed by atoms with Gasteiger partial charge in [0, 0.05) is 5.56 Å². The number of phenolic OH excluding ortho intramolecular Hbond substituents is 2. The molecule has 0 aliphatic carbocycles. The van der Waals surface area contributed by atoms with Crippen LogP contribution < -0.4 is 10.7 Å². The van der Waals surface area contributed by atoms with Crippen LogP contribution in [-0.4, -0.2) is 28.4 Å². The Hall–Kier alpha value is -2.99.